The molecule has 1 aliphatic rings. The molecule has 1 aromatic rings. The number of aryl methyl sites for hydroxylation is 1. The van der Waals surface area contributed by atoms with Crippen LogP contribution in [-0.4, -0.2) is 23.5 Å². The zero-order valence-corrected chi connectivity index (χ0v) is 10.00. The fourth-order valence-corrected chi connectivity index (χ4v) is 1.84. The molecule has 1 aromatic carbocycles. The van der Waals surface area contributed by atoms with E-state index in [1.807, 2.05) is 0 Å². The fourth-order valence-electron chi connectivity index (χ4n) is 1.84. The van der Waals surface area contributed by atoms with E-state index in [0.717, 1.165) is 0 Å². The molecule has 0 saturated heterocycles. The highest BCUT2D eigenvalue weighted by molar-refractivity contribution is 5.96. The van der Waals surface area contributed by atoms with E-state index in [-0.39, 0.29) is 12.5 Å². The van der Waals surface area contributed by atoms with Crippen molar-refractivity contribution in [2.45, 2.75) is 19.8 Å². The maximum atomic E-state index is 12.9. The van der Waals surface area contributed by atoms with Crippen LogP contribution < -0.4 is 5.32 Å². The van der Waals surface area contributed by atoms with E-state index >= 15 is 0 Å². The van der Waals surface area contributed by atoms with Crippen LogP contribution in [0.1, 0.15) is 28.8 Å². The Morgan fingerprint density at radius 2 is 2.11 bits per heavy atom. The summed E-state index contributed by atoms with van der Waals surface area (Å²) < 4.78 is 12.9. The lowest BCUT2D eigenvalue weighted by molar-refractivity contribution is -0.143. The van der Waals surface area contributed by atoms with Gasteiger partial charge in [0.1, 0.15) is 5.82 Å². The van der Waals surface area contributed by atoms with Crippen molar-refractivity contribution >= 4 is 11.9 Å². The molecule has 2 rings (SSSR count). The number of amides is 1. The number of carboxylic acid groups (broad SMARTS) is 1. The smallest absolute Gasteiger partial charge is 0.311 e. The predicted octanol–water partition coefficient (Wildman–Crippen LogP) is 1.73. The molecule has 0 atom stereocenters. The van der Waals surface area contributed by atoms with Crippen LogP contribution >= 0.6 is 0 Å². The summed E-state index contributed by atoms with van der Waals surface area (Å²) in [6.45, 7) is 1.76. The second-order valence-electron chi connectivity index (χ2n) is 4.73. The number of carbonyl (C=O) groups is 2. The zero-order valence-electron chi connectivity index (χ0n) is 10.00. The molecular formula is C13H14FNO3. The minimum absolute atomic E-state index is 0.123. The van der Waals surface area contributed by atoms with E-state index in [9.17, 15) is 14.0 Å². The maximum absolute atomic E-state index is 12.9. The van der Waals surface area contributed by atoms with Gasteiger partial charge in [-0.2, -0.15) is 0 Å². The summed E-state index contributed by atoms with van der Waals surface area (Å²) in [7, 11) is 0. The van der Waals surface area contributed by atoms with Gasteiger partial charge in [0.05, 0.1) is 5.41 Å². The van der Waals surface area contributed by atoms with Crippen LogP contribution in [0, 0.1) is 18.2 Å². The van der Waals surface area contributed by atoms with Crippen LogP contribution in [0.15, 0.2) is 18.2 Å². The quantitative estimate of drug-likeness (QED) is 0.856. The first-order valence-electron chi connectivity index (χ1n) is 5.72. The molecule has 0 spiro atoms. The maximum Gasteiger partial charge on any atom is 0.311 e. The van der Waals surface area contributed by atoms with E-state index in [0.29, 0.717) is 24.0 Å². The van der Waals surface area contributed by atoms with E-state index in [2.05, 4.69) is 5.32 Å². The molecule has 1 aliphatic carbocycles. The van der Waals surface area contributed by atoms with Crippen molar-refractivity contribution in [1.29, 1.82) is 0 Å². The van der Waals surface area contributed by atoms with Gasteiger partial charge < -0.3 is 10.4 Å². The van der Waals surface area contributed by atoms with Gasteiger partial charge in [0.25, 0.3) is 5.91 Å². The highest BCUT2D eigenvalue weighted by Crippen LogP contribution is 2.45. The second-order valence-corrected chi connectivity index (χ2v) is 4.73. The first-order valence-corrected chi connectivity index (χ1v) is 5.72. The number of benzene rings is 1. The number of aliphatic carboxylic acids is 1. The SMILES string of the molecule is Cc1cc(F)ccc1C(=O)NCC1(C(=O)O)CC1. The Bertz CT molecular complexity index is 509. The summed E-state index contributed by atoms with van der Waals surface area (Å²) in [6.07, 6.45) is 1.18. The van der Waals surface area contributed by atoms with Gasteiger partial charge in [-0.05, 0) is 43.5 Å². The Kier molecular flexibility index (Phi) is 3.07. The predicted molar refractivity (Wildman–Crippen MR) is 62.8 cm³/mol. The molecule has 96 valence electrons. The lowest BCUT2D eigenvalue weighted by Crippen LogP contribution is -2.34. The zero-order chi connectivity index (χ0) is 13.3. The molecule has 1 fully saturated rings. The third-order valence-corrected chi connectivity index (χ3v) is 3.33. The van der Waals surface area contributed by atoms with E-state index < -0.39 is 17.2 Å². The van der Waals surface area contributed by atoms with Gasteiger partial charge in [-0.15, -0.1) is 0 Å². The lowest BCUT2D eigenvalue weighted by atomic mass is 10.1. The molecule has 1 saturated carbocycles. The van der Waals surface area contributed by atoms with Gasteiger partial charge in [-0.1, -0.05) is 0 Å². The Labute approximate surface area is 104 Å². The lowest BCUT2D eigenvalue weighted by Gasteiger charge is -2.12. The first kappa shape index (κ1) is 12.5. The molecule has 0 heterocycles. The Balaban J connectivity index is 2.02. The molecule has 5 heteroatoms. The van der Waals surface area contributed by atoms with Crippen molar-refractivity contribution in [3.8, 4) is 0 Å². The van der Waals surface area contributed by atoms with Crippen LogP contribution in [-0.2, 0) is 4.79 Å². The average molecular weight is 251 g/mol. The standard InChI is InChI=1S/C13H14FNO3/c1-8-6-9(14)2-3-10(8)11(16)15-7-13(4-5-13)12(17)18/h2-3,6H,4-5,7H2,1H3,(H,15,16)(H,17,18). The van der Waals surface area contributed by atoms with Crippen LogP contribution in [0.5, 0.6) is 0 Å². The molecule has 0 aromatic heterocycles. The highest BCUT2D eigenvalue weighted by Gasteiger charge is 2.50. The van der Waals surface area contributed by atoms with Crippen molar-refractivity contribution in [3.63, 3.8) is 0 Å². The second kappa shape index (κ2) is 4.40. The molecule has 0 unspecified atom stereocenters. The number of hydrogen-bond acceptors (Lipinski definition) is 2. The summed E-state index contributed by atoms with van der Waals surface area (Å²) in [4.78, 5) is 22.8. The highest BCUT2D eigenvalue weighted by atomic mass is 19.1. The third-order valence-electron chi connectivity index (χ3n) is 3.33. The third kappa shape index (κ3) is 2.34. The summed E-state index contributed by atoms with van der Waals surface area (Å²) in [6, 6.07) is 3.89. The van der Waals surface area contributed by atoms with Gasteiger partial charge >= 0.3 is 5.97 Å². The molecule has 18 heavy (non-hydrogen) atoms. The van der Waals surface area contributed by atoms with E-state index in [4.69, 9.17) is 5.11 Å². The van der Waals surface area contributed by atoms with Gasteiger partial charge in [0.15, 0.2) is 0 Å². The van der Waals surface area contributed by atoms with Crippen LogP contribution in [0.2, 0.25) is 0 Å². The fraction of sp³-hybridized carbons (Fsp3) is 0.385. The van der Waals surface area contributed by atoms with Crippen molar-refractivity contribution in [2.75, 3.05) is 6.54 Å². The van der Waals surface area contributed by atoms with E-state index in [1.165, 1.54) is 18.2 Å². The Hall–Kier alpha value is -1.91. The number of carbonyl (C=O) groups excluding carboxylic acids is 1. The van der Waals surface area contributed by atoms with Crippen molar-refractivity contribution in [2.24, 2.45) is 5.41 Å². The normalized spacial score (nSPS) is 16.1. The van der Waals surface area contributed by atoms with Crippen molar-refractivity contribution in [3.05, 3.63) is 35.1 Å². The minimum Gasteiger partial charge on any atom is -0.481 e. The van der Waals surface area contributed by atoms with Gasteiger partial charge in [0.2, 0.25) is 0 Å². The summed E-state index contributed by atoms with van der Waals surface area (Å²) in [5.74, 6) is -1.63. The topological polar surface area (TPSA) is 66.4 Å². The number of hydrogen-bond donors (Lipinski definition) is 2. The monoisotopic (exact) mass is 251 g/mol. The van der Waals surface area contributed by atoms with Gasteiger partial charge in [0, 0.05) is 12.1 Å². The minimum atomic E-state index is -0.876. The number of nitrogens with one attached hydrogen (secondary N) is 1. The summed E-state index contributed by atoms with van der Waals surface area (Å²) in [5, 5.41) is 11.6. The largest absolute Gasteiger partial charge is 0.481 e. The van der Waals surface area contributed by atoms with Gasteiger partial charge in [-0.25, -0.2) is 4.39 Å². The first-order chi connectivity index (χ1) is 8.44. The number of halogens is 1. The summed E-state index contributed by atoms with van der Waals surface area (Å²) in [5.41, 5.74) is 0.120. The molecule has 1 amide bonds. The molecule has 0 aliphatic heterocycles. The van der Waals surface area contributed by atoms with Crippen LogP contribution in [0.25, 0.3) is 0 Å². The average Bonchev–Trinajstić information content (AvgIpc) is 3.07. The molecule has 0 radical (unpaired) electrons. The Morgan fingerprint density at radius 3 is 2.61 bits per heavy atom. The van der Waals surface area contributed by atoms with E-state index in [1.54, 1.807) is 6.92 Å². The molecule has 2 N–H and O–H groups in total. The Morgan fingerprint density at radius 1 is 1.44 bits per heavy atom. The van der Waals surface area contributed by atoms with Gasteiger partial charge in [-0.3, -0.25) is 9.59 Å². The summed E-state index contributed by atoms with van der Waals surface area (Å²) >= 11 is 0. The van der Waals surface area contributed by atoms with Crippen LogP contribution in [0.4, 0.5) is 4.39 Å². The molecular weight excluding hydrogens is 237 g/mol. The molecule has 0 bridgehead atoms. The number of carboxylic acids is 1. The van der Waals surface area contributed by atoms with Crippen molar-refractivity contribution < 1.29 is 19.1 Å². The van der Waals surface area contributed by atoms with Crippen LogP contribution in [0.3, 0.4) is 0 Å². The number of rotatable bonds is 4. The molecule has 4 nitrogen and oxygen atoms in total. The van der Waals surface area contributed by atoms with Crippen molar-refractivity contribution in [1.82, 2.24) is 5.32 Å².